The number of nitriles is 1. The lowest BCUT2D eigenvalue weighted by atomic mass is 10.1. The Hall–Kier alpha value is -2.17. The lowest BCUT2D eigenvalue weighted by molar-refractivity contribution is 0.148. The van der Waals surface area contributed by atoms with Gasteiger partial charge in [0.05, 0.1) is 11.6 Å². The number of rotatable bonds is 6. The van der Waals surface area contributed by atoms with Gasteiger partial charge in [0.15, 0.2) is 0 Å². The van der Waals surface area contributed by atoms with E-state index in [2.05, 4.69) is 22.2 Å². The second kappa shape index (κ2) is 9.35. The zero-order valence-corrected chi connectivity index (χ0v) is 15.0. The zero-order chi connectivity index (χ0) is 18.2. The molecule has 6 nitrogen and oxygen atoms in total. The number of amides is 2. The molecule has 0 aromatic heterocycles. The fourth-order valence-electron chi connectivity index (χ4n) is 2.77. The molecule has 1 N–H and O–H groups in total. The summed E-state index contributed by atoms with van der Waals surface area (Å²) in [5.74, 6) is -0.475. The summed E-state index contributed by atoms with van der Waals surface area (Å²) < 4.78 is 13.8. The van der Waals surface area contributed by atoms with Crippen LogP contribution in [0.15, 0.2) is 18.2 Å². The van der Waals surface area contributed by atoms with Gasteiger partial charge in [-0.1, -0.05) is 6.07 Å². The van der Waals surface area contributed by atoms with Crippen LogP contribution in [0.3, 0.4) is 0 Å². The summed E-state index contributed by atoms with van der Waals surface area (Å²) in [6.07, 6.45) is 0.916. The number of nitrogens with zero attached hydrogens (tertiary/aromatic N) is 4. The molecule has 1 aliphatic rings. The van der Waals surface area contributed by atoms with Gasteiger partial charge in [-0.2, -0.15) is 5.26 Å². The van der Waals surface area contributed by atoms with Crippen molar-refractivity contribution in [2.24, 2.45) is 0 Å². The van der Waals surface area contributed by atoms with Gasteiger partial charge in [0.1, 0.15) is 5.82 Å². The molecule has 1 fully saturated rings. The average Bonchev–Trinajstić information content (AvgIpc) is 2.61. The van der Waals surface area contributed by atoms with E-state index in [1.54, 1.807) is 18.0 Å². The van der Waals surface area contributed by atoms with Gasteiger partial charge < -0.3 is 20.0 Å². The standard InChI is InChI=1S/C18H26FN5O/c1-22-8-10-24(11-9-22)7-3-6-23(2)18(25)21-14-16-5-4-15(13-20)12-17(16)19/h4-5,12H,3,6-11,14H2,1-2H3,(H,21,25). The first-order valence-electron chi connectivity index (χ1n) is 8.58. The molecule has 2 amide bonds. The third kappa shape index (κ3) is 6.00. The van der Waals surface area contributed by atoms with Crippen molar-refractivity contribution >= 4 is 6.03 Å². The van der Waals surface area contributed by atoms with Gasteiger partial charge in [-0.15, -0.1) is 0 Å². The van der Waals surface area contributed by atoms with Gasteiger partial charge in [0, 0.05) is 51.9 Å². The van der Waals surface area contributed by atoms with E-state index < -0.39 is 5.82 Å². The molecular formula is C18H26FN5O. The molecule has 0 spiro atoms. The van der Waals surface area contributed by atoms with E-state index >= 15 is 0 Å². The first-order valence-corrected chi connectivity index (χ1v) is 8.58. The molecule has 1 aliphatic heterocycles. The Morgan fingerprint density at radius 1 is 1.36 bits per heavy atom. The number of likely N-dealkylation sites (N-methyl/N-ethyl adjacent to an activating group) is 1. The Kier molecular flexibility index (Phi) is 7.16. The van der Waals surface area contributed by atoms with E-state index in [9.17, 15) is 9.18 Å². The molecule has 0 unspecified atom stereocenters. The zero-order valence-electron chi connectivity index (χ0n) is 15.0. The number of carbonyl (C=O) groups is 1. The lowest BCUT2D eigenvalue weighted by Crippen LogP contribution is -2.45. The molecular weight excluding hydrogens is 321 g/mol. The highest BCUT2D eigenvalue weighted by Crippen LogP contribution is 2.10. The second-order valence-corrected chi connectivity index (χ2v) is 6.50. The fourth-order valence-corrected chi connectivity index (χ4v) is 2.77. The molecule has 0 atom stereocenters. The van der Waals surface area contributed by atoms with E-state index in [-0.39, 0.29) is 18.1 Å². The molecule has 25 heavy (non-hydrogen) atoms. The quantitative estimate of drug-likeness (QED) is 0.847. The van der Waals surface area contributed by atoms with E-state index in [1.165, 1.54) is 12.1 Å². The van der Waals surface area contributed by atoms with Crippen molar-refractivity contribution in [1.29, 1.82) is 5.26 Å². The number of hydrogen-bond donors (Lipinski definition) is 1. The summed E-state index contributed by atoms with van der Waals surface area (Å²) in [6.45, 7) is 6.08. The predicted molar refractivity (Wildman–Crippen MR) is 94.5 cm³/mol. The van der Waals surface area contributed by atoms with E-state index in [0.717, 1.165) is 39.1 Å². The van der Waals surface area contributed by atoms with Crippen molar-refractivity contribution in [3.05, 3.63) is 35.1 Å². The van der Waals surface area contributed by atoms with Crippen molar-refractivity contribution in [3.8, 4) is 6.07 Å². The molecule has 2 rings (SSSR count). The monoisotopic (exact) mass is 347 g/mol. The molecule has 1 heterocycles. The Balaban J connectivity index is 1.69. The highest BCUT2D eigenvalue weighted by Gasteiger charge is 2.14. The number of benzene rings is 1. The predicted octanol–water partition coefficient (Wildman–Crippen LogP) is 1.48. The molecule has 1 aromatic carbocycles. The van der Waals surface area contributed by atoms with Gasteiger partial charge in [-0.25, -0.2) is 9.18 Å². The maximum Gasteiger partial charge on any atom is 0.317 e. The van der Waals surface area contributed by atoms with Crippen molar-refractivity contribution in [1.82, 2.24) is 20.0 Å². The Morgan fingerprint density at radius 2 is 2.08 bits per heavy atom. The summed E-state index contributed by atoms with van der Waals surface area (Å²) in [5, 5.41) is 11.4. The van der Waals surface area contributed by atoms with Crippen LogP contribution < -0.4 is 5.32 Å². The Bertz CT molecular complexity index is 622. The molecule has 0 radical (unpaired) electrons. The second-order valence-electron chi connectivity index (χ2n) is 6.50. The van der Waals surface area contributed by atoms with Crippen LogP contribution >= 0.6 is 0 Å². The molecule has 7 heteroatoms. The van der Waals surface area contributed by atoms with Crippen LogP contribution in [0, 0.1) is 17.1 Å². The molecule has 0 aliphatic carbocycles. The van der Waals surface area contributed by atoms with Crippen LogP contribution in [-0.4, -0.2) is 74.1 Å². The molecule has 136 valence electrons. The largest absolute Gasteiger partial charge is 0.334 e. The minimum atomic E-state index is -0.475. The van der Waals surface area contributed by atoms with Crippen LogP contribution in [0.4, 0.5) is 9.18 Å². The third-order valence-corrected chi connectivity index (χ3v) is 4.52. The summed E-state index contributed by atoms with van der Waals surface area (Å²) >= 11 is 0. The van der Waals surface area contributed by atoms with E-state index in [1.807, 2.05) is 6.07 Å². The topological polar surface area (TPSA) is 62.6 Å². The van der Waals surface area contributed by atoms with Gasteiger partial charge in [0.2, 0.25) is 0 Å². The van der Waals surface area contributed by atoms with Crippen molar-refractivity contribution < 1.29 is 9.18 Å². The molecule has 1 aromatic rings. The van der Waals surface area contributed by atoms with Gasteiger partial charge >= 0.3 is 6.03 Å². The van der Waals surface area contributed by atoms with Crippen LogP contribution in [0.25, 0.3) is 0 Å². The third-order valence-electron chi connectivity index (χ3n) is 4.52. The molecule has 0 saturated carbocycles. The van der Waals surface area contributed by atoms with Crippen LogP contribution in [-0.2, 0) is 6.54 Å². The number of nitrogens with one attached hydrogen (secondary N) is 1. The summed E-state index contributed by atoms with van der Waals surface area (Å²) in [4.78, 5) is 18.5. The van der Waals surface area contributed by atoms with Gasteiger partial charge in [-0.3, -0.25) is 0 Å². The normalized spacial score (nSPS) is 15.6. The van der Waals surface area contributed by atoms with Gasteiger partial charge in [-0.05, 0) is 32.1 Å². The minimum absolute atomic E-state index is 0.110. The number of piperazine rings is 1. The Morgan fingerprint density at radius 3 is 2.72 bits per heavy atom. The van der Waals surface area contributed by atoms with Crippen LogP contribution in [0.2, 0.25) is 0 Å². The van der Waals surface area contributed by atoms with Crippen LogP contribution in [0.5, 0.6) is 0 Å². The SMILES string of the molecule is CN1CCN(CCCN(C)C(=O)NCc2ccc(C#N)cc2F)CC1. The highest BCUT2D eigenvalue weighted by atomic mass is 19.1. The van der Waals surface area contributed by atoms with Crippen molar-refractivity contribution in [2.45, 2.75) is 13.0 Å². The summed E-state index contributed by atoms with van der Waals surface area (Å²) in [6, 6.07) is 5.93. The maximum atomic E-state index is 13.8. The highest BCUT2D eigenvalue weighted by molar-refractivity contribution is 5.73. The number of urea groups is 1. The minimum Gasteiger partial charge on any atom is -0.334 e. The summed E-state index contributed by atoms with van der Waals surface area (Å²) in [5.41, 5.74) is 0.645. The fraction of sp³-hybridized carbons (Fsp3) is 0.556. The smallest absolute Gasteiger partial charge is 0.317 e. The number of hydrogen-bond acceptors (Lipinski definition) is 4. The van der Waals surface area contributed by atoms with Crippen LogP contribution in [0.1, 0.15) is 17.5 Å². The van der Waals surface area contributed by atoms with Gasteiger partial charge in [0.25, 0.3) is 0 Å². The van der Waals surface area contributed by atoms with Crippen molar-refractivity contribution in [3.63, 3.8) is 0 Å². The van der Waals surface area contributed by atoms with Crippen molar-refractivity contribution in [2.75, 3.05) is 53.4 Å². The summed E-state index contributed by atoms with van der Waals surface area (Å²) in [7, 11) is 3.88. The average molecular weight is 347 g/mol. The first-order chi connectivity index (χ1) is 12.0. The maximum absolute atomic E-state index is 13.8. The molecule has 0 bridgehead atoms. The first kappa shape index (κ1) is 19.2. The Labute approximate surface area is 148 Å². The number of halogens is 1. The van der Waals surface area contributed by atoms with E-state index in [4.69, 9.17) is 5.26 Å². The number of carbonyl (C=O) groups excluding carboxylic acids is 1. The lowest BCUT2D eigenvalue weighted by Gasteiger charge is -2.32. The molecule has 1 saturated heterocycles. The van der Waals surface area contributed by atoms with E-state index in [0.29, 0.717) is 12.1 Å².